The van der Waals surface area contributed by atoms with Gasteiger partial charge in [0.15, 0.2) is 11.6 Å². The van der Waals surface area contributed by atoms with Gasteiger partial charge in [-0.05, 0) is 58.7 Å². The molecular weight excluding hydrogens is 510 g/mol. The van der Waals surface area contributed by atoms with Crippen LogP contribution < -0.4 is 10.6 Å². The van der Waals surface area contributed by atoms with E-state index >= 15 is 0 Å². The number of amides is 2. The molecule has 1 aromatic carbocycles. The minimum Gasteiger partial charge on any atom is -0.445 e. The Labute approximate surface area is 235 Å². The smallest absolute Gasteiger partial charge is 0.408 e. The summed E-state index contributed by atoms with van der Waals surface area (Å²) in [5, 5.41) is 17.4. The molecule has 11 heteroatoms. The maximum Gasteiger partial charge on any atom is 0.408 e. The third kappa shape index (κ3) is 10.2. The maximum atomic E-state index is 13.4. The minimum absolute atomic E-state index is 0.0750. The molecule has 40 heavy (non-hydrogen) atoms. The van der Waals surface area contributed by atoms with Gasteiger partial charge < -0.3 is 15.4 Å². The molecule has 2 atom stereocenters. The number of Topliss-reactive ketones (excluding diaryl/α,β-unsaturated/α-hetero) is 1. The van der Waals surface area contributed by atoms with Crippen molar-refractivity contribution in [2.75, 3.05) is 0 Å². The summed E-state index contributed by atoms with van der Waals surface area (Å²) in [5.74, 6) is 0.186. The van der Waals surface area contributed by atoms with E-state index in [-0.39, 0.29) is 30.8 Å². The number of hydrogen-bond acceptors (Lipinski definition) is 8. The number of aromatic nitrogens is 5. The number of benzene rings is 1. The SMILES string of the molecule is CC(C)C[C@H](NC(=O)[C@H](CC(C)C)NC(=O)OCc1ccccc1)C(=O)Cn1nnnc1CCc1cccnc1. The van der Waals surface area contributed by atoms with E-state index in [0.717, 1.165) is 11.1 Å². The van der Waals surface area contributed by atoms with Gasteiger partial charge in [0.05, 0.1) is 6.04 Å². The number of tetrazole rings is 1. The molecule has 0 aliphatic rings. The lowest BCUT2D eigenvalue weighted by atomic mass is 9.98. The number of nitrogens with zero attached hydrogens (tertiary/aromatic N) is 5. The van der Waals surface area contributed by atoms with Gasteiger partial charge in [0.1, 0.15) is 19.2 Å². The highest BCUT2D eigenvalue weighted by Gasteiger charge is 2.29. The zero-order valence-corrected chi connectivity index (χ0v) is 23.6. The zero-order chi connectivity index (χ0) is 28.9. The number of carbonyl (C=O) groups is 3. The van der Waals surface area contributed by atoms with E-state index in [1.807, 2.05) is 70.2 Å². The molecule has 0 saturated carbocycles. The second kappa shape index (κ2) is 15.4. The maximum absolute atomic E-state index is 13.4. The molecule has 0 fully saturated rings. The average molecular weight is 550 g/mol. The number of ether oxygens (including phenoxy) is 1. The standard InChI is InChI=1S/C29H39N7O4/c1-20(2)15-24(26(37)18-36-27(33-34-35-36)13-12-22-11-8-14-30-17-22)31-28(38)25(16-21(3)4)32-29(39)40-19-23-9-6-5-7-10-23/h5-11,14,17,20-21,24-25H,12-13,15-16,18-19H2,1-4H3,(H,31,38)(H,32,39)/t24-,25-/m0/s1. The third-order valence-electron chi connectivity index (χ3n) is 6.21. The highest BCUT2D eigenvalue weighted by Crippen LogP contribution is 2.12. The van der Waals surface area contributed by atoms with Crippen LogP contribution in [0.2, 0.25) is 0 Å². The Bertz CT molecular complexity index is 1220. The largest absolute Gasteiger partial charge is 0.445 e. The van der Waals surface area contributed by atoms with Crippen LogP contribution >= 0.6 is 0 Å². The van der Waals surface area contributed by atoms with E-state index in [1.165, 1.54) is 4.68 Å². The molecule has 0 radical (unpaired) electrons. The Morgan fingerprint density at radius 1 is 0.875 bits per heavy atom. The Kier molecular flexibility index (Phi) is 11.7. The average Bonchev–Trinajstić information content (AvgIpc) is 3.37. The molecule has 0 saturated heterocycles. The van der Waals surface area contributed by atoms with Crippen molar-refractivity contribution < 1.29 is 19.1 Å². The lowest BCUT2D eigenvalue weighted by Gasteiger charge is -2.25. The number of ketones is 1. The van der Waals surface area contributed by atoms with Gasteiger partial charge in [0.25, 0.3) is 0 Å². The number of aryl methyl sites for hydroxylation is 2. The quantitative estimate of drug-likeness (QED) is 0.294. The van der Waals surface area contributed by atoms with Crippen molar-refractivity contribution in [3.05, 3.63) is 71.8 Å². The predicted molar refractivity (Wildman–Crippen MR) is 149 cm³/mol. The Hall–Kier alpha value is -4.15. The molecule has 214 valence electrons. The number of rotatable bonds is 15. The van der Waals surface area contributed by atoms with Crippen molar-refractivity contribution in [2.24, 2.45) is 11.8 Å². The molecule has 2 heterocycles. The first-order chi connectivity index (χ1) is 19.2. The topological polar surface area (TPSA) is 141 Å². The van der Waals surface area contributed by atoms with Gasteiger partial charge in [-0.2, -0.15) is 0 Å². The van der Waals surface area contributed by atoms with Crippen molar-refractivity contribution in [2.45, 2.75) is 78.6 Å². The first kappa shape index (κ1) is 30.4. The van der Waals surface area contributed by atoms with E-state index in [2.05, 4.69) is 31.1 Å². The van der Waals surface area contributed by atoms with Gasteiger partial charge in [-0.1, -0.05) is 64.1 Å². The van der Waals surface area contributed by atoms with Crippen LogP contribution in [0, 0.1) is 11.8 Å². The van der Waals surface area contributed by atoms with Crippen LogP contribution in [0.1, 0.15) is 57.5 Å². The molecule has 0 spiro atoms. The minimum atomic E-state index is -0.853. The summed E-state index contributed by atoms with van der Waals surface area (Å²) >= 11 is 0. The van der Waals surface area contributed by atoms with Gasteiger partial charge in [-0.25, -0.2) is 9.48 Å². The van der Waals surface area contributed by atoms with Gasteiger partial charge in [0.2, 0.25) is 5.91 Å². The van der Waals surface area contributed by atoms with E-state index in [0.29, 0.717) is 31.5 Å². The molecule has 2 N–H and O–H groups in total. The molecule has 0 bridgehead atoms. The number of hydrogen-bond donors (Lipinski definition) is 2. The third-order valence-corrected chi connectivity index (χ3v) is 6.21. The number of nitrogens with one attached hydrogen (secondary N) is 2. The first-order valence-corrected chi connectivity index (χ1v) is 13.7. The second-order valence-electron chi connectivity index (χ2n) is 10.7. The summed E-state index contributed by atoms with van der Waals surface area (Å²) in [4.78, 5) is 43.3. The molecule has 0 aliphatic heterocycles. The normalized spacial score (nSPS) is 12.7. The fourth-order valence-electron chi connectivity index (χ4n) is 4.21. The highest BCUT2D eigenvalue weighted by molar-refractivity contribution is 5.92. The Morgan fingerprint density at radius 3 is 2.25 bits per heavy atom. The Balaban J connectivity index is 1.63. The van der Waals surface area contributed by atoms with Crippen molar-refractivity contribution in [1.29, 1.82) is 0 Å². The summed E-state index contributed by atoms with van der Waals surface area (Å²) in [6.07, 6.45) is 4.85. The van der Waals surface area contributed by atoms with Crippen LogP contribution in [0.4, 0.5) is 4.79 Å². The van der Waals surface area contributed by atoms with Crippen LogP contribution in [0.3, 0.4) is 0 Å². The summed E-state index contributed by atoms with van der Waals surface area (Å²) in [6, 6.07) is 11.5. The second-order valence-corrected chi connectivity index (χ2v) is 10.7. The van der Waals surface area contributed by atoms with Gasteiger partial charge in [-0.3, -0.25) is 14.6 Å². The van der Waals surface area contributed by atoms with Crippen LogP contribution in [-0.2, 0) is 40.3 Å². The van der Waals surface area contributed by atoms with Crippen LogP contribution in [0.25, 0.3) is 0 Å². The van der Waals surface area contributed by atoms with E-state index in [1.54, 1.807) is 12.4 Å². The predicted octanol–water partition coefficient (Wildman–Crippen LogP) is 3.29. The summed E-state index contributed by atoms with van der Waals surface area (Å²) < 4.78 is 6.79. The van der Waals surface area contributed by atoms with Crippen molar-refractivity contribution in [3.8, 4) is 0 Å². The monoisotopic (exact) mass is 549 g/mol. The molecule has 0 unspecified atom stereocenters. The van der Waals surface area contributed by atoms with Crippen LogP contribution in [-0.4, -0.2) is 55.1 Å². The molecule has 11 nitrogen and oxygen atoms in total. The van der Waals surface area contributed by atoms with Crippen molar-refractivity contribution in [3.63, 3.8) is 0 Å². The fourth-order valence-corrected chi connectivity index (χ4v) is 4.21. The molecule has 2 amide bonds. The molecule has 2 aromatic heterocycles. The summed E-state index contributed by atoms with van der Waals surface area (Å²) in [5.41, 5.74) is 1.88. The lowest BCUT2D eigenvalue weighted by Crippen LogP contribution is -2.52. The van der Waals surface area contributed by atoms with E-state index in [4.69, 9.17) is 4.74 Å². The molecule has 0 aliphatic carbocycles. The highest BCUT2D eigenvalue weighted by atomic mass is 16.5. The number of alkyl carbamates (subject to hydrolysis) is 1. The van der Waals surface area contributed by atoms with Gasteiger partial charge in [-0.15, -0.1) is 5.10 Å². The van der Waals surface area contributed by atoms with Gasteiger partial charge in [0, 0.05) is 18.8 Å². The number of pyridine rings is 1. The van der Waals surface area contributed by atoms with E-state index < -0.39 is 24.1 Å². The van der Waals surface area contributed by atoms with Crippen LogP contribution in [0.15, 0.2) is 54.9 Å². The van der Waals surface area contributed by atoms with Crippen LogP contribution in [0.5, 0.6) is 0 Å². The molecule has 3 rings (SSSR count). The molecule has 3 aromatic rings. The van der Waals surface area contributed by atoms with Crippen molar-refractivity contribution in [1.82, 2.24) is 35.8 Å². The van der Waals surface area contributed by atoms with Gasteiger partial charge >= 0.3 is 6.09 Å². The zero-order valence-electron chi connectivity index (χ0n) is 23.6. The number of carbonyl (C=O) groups excluding carboxylic acids is 3. The summed E-state index contributed by atoms with van der Waals surface area (Å²) in [7, 11) is 0. The fraction of sp³-hybridized carbons (Fsp3) is 0.483. The first-order valence-electron chi connectivity index (χ1n) is 13.7. The lowest BCUT2D eigenvalue weighted by molar-refractivity contribution is -0.130. The van der Waals surface area contributed by atoms with Crippen molar-refractivity contribution >= 4 is 17.8 Å². The molecular formula is C29H39N7O4. The van der Waals surface area contributed by atoms with E-state index in [9.17, 15) is 14.4 Å². The Morgan fingerprint density at radius 2 is 1.57 bits per heavy atom. The summed E-state index contributed by atoms with van der Waals surface area (Å²) in [6.45, 7) is 7.89.